The zero-order valence-electron chi connectivity index (χ0n) is 10.2. The van der Waals surface area contributed by atoms with Gasteiger partial charge in [0, 0.05) is 37.9 Å². The Morgan fingerprint density at radius 1 is 1.12 bits per heavy atom. The van der Waals surface area contributed by atoms with Crippen molar-refractivity contribution in [2.24, 2.45) is 0 Å². The summed E-state index contributed by atoms with van der Waals surface area (Å²) in [6.07, 6.45) is 7.30. The maximum Gasteiger partial charge on any atom is 0.0727 e. The lowest BCUT2D eigenvalue weighted by Gasteiger charge is -2.15. The zero-order chi connectivity index (χ0) is 12.1. The quantitative estimate of drug-likeness (QED) is 0.800. The van der Waals surface area contributed by atoms with Crippen molar-refractivity contribution < 1.29 is 0 Å². The SMILES string of the molecule is Cc1cnc(CN(C)Cc2cccnc2)cn1. The number of rotatable bonds is 4. The molecule has 2 aromatic rings. The number of nitrogens with zero attached hydrogens (tertiary/aromatic N) is 4. The first-order valence-corrected chi connectivity index (χ1v) is 5.59. The van der Waals surface area contributed by atoms with Gasteiger partial charge < -0.3 is 0 Å². The Kier molecular flexibility index (Phi) is 3.77. The monoisotopic (exact) mass is 228 g/mol. The van der Waals surface area contributed by atoms with E-state index in [2.05, 4.69) is 33.0 Å². The van der Waals surface area contributed by atoms with Crippen molar-refractivity contribution >= 4 is 0 Å². The third-order valence-electron chi connectivity index (χ3n) is 2.44. The molecule has 0 aliphatic carbocycles. The average Bonchev–Trinajstić information content (AvgIpc) is 2.33. The van der Waals surface area contributed by atoms with Gasteiger partial charge in [0.05, 0.1) is 11.4 Å². The molecule has 0 atom stereocenters. The Hall–Kier alpha value is -1.81. The lowest BCUT2D eigenvalue weighted by molar-refractivity contribution is 0.314. The molecule has 0 saturated heterocycles. The molecule has 0 saturated carbocycles. The topological polar surface area (TPSA) is 41.9 Å². The summed E-state index contributed by atoms with van der Waals surface area (Å²) in [5, 5.41) is 0. The molecule has 0 aliphatic heterocycles. The minimum atomic E-state index is 0.794. The molecule has 0 unspecified atom stereocenters. The van der Waals surface area contributed by atoms with Gasteiger partial charge in [0.25, 0.3) is 0 Å². The highest BCUT2D eigenvalue weighted by Crippen LogP contribution is 2.04. The third kappa shape index (κ3) is 3.60. The van der Waals surface area contributed by atoms with Gasteiger partial charge in [-0.05, 0) is 25.6 Å². The first-order chi connectivity index (χ1) is 8.24. The van der Waals surface area contributed by atoms with E-state index in [1.54, 1.807) is 12.4 Å². The Balaban J connectivity index is 1.93. The van der Waals surface area contributed by atoms with E-state index in [1.165, 1.54) is 5.56 Å². The molecule has 2 rings (SSSR count). The maximum absolute atomic E-state index is 4.34. The highest BCUT2D eigenvalue weighted by Gasteiger charge is 2.03. The zero-order valence-corrected chi connectivity index (χ0v) is 10.2. The Morgan fingerprint density at radius 2 is 2.00 bits per heavy atom. The van der Waals surface area contributed by atoms with Crippen molar-refractivity contribution in [3.8, 4) is 0 Å². The molecule has 0 fully saturated rings. The van der Waals surface area contributed by atoms with E-state index in [4.69, 9.17) is 0 Å². The molecule has 2 aromatic heterocycles. The van der Waals surface area contributed by atoms with Crippen molar-refractivity contribution in [3.05, 3.63) is 53.9 Å². The molecule has 0 bridgehead atoms. The molecular formula is C13H16N4. The Bertz CT molecular complexity index is 453. The standard InChI is InChI=1S/C13H16N4/c1-11-6-16-13(8-15-11)10-17(2)9-12-4-3-5-14-7-12/h3-8H,9-10H2,1-2H3. The van der Waals surface area contributed by atoms with Crippen LogP contribution in [-0.4, -0.2) is 26.9 Å². The Labute approximate surface area is 101 Å². The molecule has 2 heterocycles. The van der Waals surface area contributed by atoms with Crippen LogP contribution in [0.4, 0.5) is 0 Å². The van der Waals surface area contributed by atoms with Crippen molar-refractivity contribution in [2.75, 3.05) is 7.05 Å². The number of pyridine rings is 1. The summed E-state index contributed by atoms with van der Waals surface area (Å²) in [7, 11) is 2.06. The molecule has 0 aliphatic rings. The van der Waals surface area contributed by atoms with Gasteiger partial charge >= 0.3 is 0 Å². The fourth-order valence-corrected chi connectivity index (χ4v) is 1.64. The van der Waals surface area contributed by atoms with Crippen LogP contribution < -0.4 is 0 Å². The predicted octanol–water partition coefficient (Wildman–Crippen LogP) is 1.81. The minimum Gasteiger partial charge on any atom is -0.296 e. The van der Waals surface area contributed by atoms with Crippen LogP contribution in [0.3, 0.4) is 0 Å². The van der Waals surface area contributed by atoms with Gasteiger partial charge in [0.2, 0.25) is 0 Å². The van der Waals surface area contributed by atoms with Crippen LogP contribution in [0.15, 0.2) is 36.9 Å². The molecule has 0 amide bonds. The van der Waals surface area contributed by atoms with E-state index in [1.807, 2.05) is 25.4 Å². The third-order valence-corrected chi connectivity index (χ3v) is 2.44. The average molecular weight is 228 g/mol. The van der Waals surface area contributed by atoms with E-state index in [9.17, 15) is 0 Å². The Morgan fingerprint density at radius 3 is 2.65 bits per heavy atom. The van der Waals surface area contributed by atoms with E-state index >= 15 is 0 Å². The van der Waals surface area contributed by atoms with Crippen LogP contribution in [0.1, 0.15) is 17.0 Å². The van der Waals surface area contributed by atoms with Crippen LogP contribution in [0.2, 0.25) is 0 Å². The van der Waals surface area contributed by atoms with Gasteiger partial charge in [-0.15, -0.1) is 0 Å². The summed E-state index contributed by atoms with van der Waals surface area (Å²) < 4.78 is 0. The van der Waals surface area contributed by atoms with Crippen LogP contribution >= 0.6 is 0 Å². The second-order valence-corrected chi connectivity index (χ2v) is 4.18. The van der Waals surface area contributed by atoms with Gasteiger partial charge in [0.15, 0.2) is 0 Å². The van der Waals surface area contributed by atoms with Crippen LogP contribution in [-0.2, 0) is 13.1 Å². The molecule has 4 heteroatoms. The summed E-state index contributed by atoms with van der Waals surface area (Å²) in [4.78, 5) is 14.9. The normalized spacial score (nSPS) is 10.8. The van der Waals surface area contributed by atoms with E-state index in [0.717, 1.165) is 24.5 Å². The molecule has 0 spiro atoms. The molecule has 0 radical (unpaired) electrons. The van der Waals surface area contributed by atoms with Gasteiger partial charge in [-0.3, -0.25) is 19.9 Å². The minimum absolute atomic E-state index is 0.794. The van der Waals surface area contributed by atoms with Crippen molar-refractivity contribution in [1.29, 1.82) is 0 Å². The highest BCUT2D eigenvalue weighted by molar-refractivity contribution is 5.08. The van der Waals surface area contributed by atoms with Crippen LogP contribution in [0, 0.1) is 6.92 Å². The second-order valence-electron chi connectivity index (χ2n) is 4.18. The molecular weight excluding hydrogens is 212 g/mol. The maximum atomic E-state index is 4.34. The van der Waals surface area contributed by atoms with Crippen molar-refractivity contribution in [1.82, 2.24) is 19.9 Å². The predicted molar refractivity (Wildman–Crippen MR) is 66.2 cm³/mol. The van der Waals surface area contributed by atoms with Crippen LogP contribution in [0.25, 0.3) is 0 Å². The summed E-state index contributed by atoms with van der Waals surface area (Å²) in [5.41, 5.74) is 3.14. The number of hydrogen-bond donors (Lipinski definition) is 0. The van der Waals surface area contributed by atoms with E-state index in [0.29, 0.717) is 0 Å². The van der Waals surface area contributed by atoms with E-state index < -0.39 is 0 Å². The van der Waals surface area contributed by atoms with E-state index in [-0.39, 0.29) is 0 Å². The molecule has 4 nitrogen and oxygen atoms in total. The number of aromatic nitrogens is 3. The summed E-state index contributed by atoms with van der Waals surface area (Å²) >= 11 is 0. The fourth-order valence-electron chi connectivity index (χ4n) is 1.64. The molecule has 17 heavy (non-hydrogen) atoms. The lowest BCUT2D eigenvalue weighted by atomic mass is 10.2. The lowest BCUT2D eigenvalue weighted by Crippen LogP contribution is -2.18. The smallest absolute Gasteiger partial charge is 0.0727 e. The van der Waals surface area contributed by atoms with Gasteiger partial charge in [-0.25, -0.2) is 0 Å². The molecule has 88 valence electrons. The van der Waals surface area contributed by atoms with Crippen molar-refractivity contribution in [3.63, 3.8) is 0 Å². The van der Waals surface area contributed by atoms with Gasteiger partial charge in [0.1, 0.15) is 0 Å². The van der Waals surface area contributed by atoms with Gasteiger partial charge in [-0.2, -0.15) is 0 Å². The number of aryl methyl sites for hydroxylation is 1. The first kappa shape index (κ1) is 11.7. The fraction of sp³-hybridized carbons (Fsp3) is 0.308. The molecule has 0 aromatic carbocycles. The van der Waals surface area contributed by atoms with Gasteiger partial charge in [-0.1, -0.05) is 6.07 Å². The summed E-state index contributed by atoms with van der Waals surface area (Å²) in [6, 6.07) is 4.03. The first-order valence-electron chi connectivity index (χ1n) is 5.59. The number of hydrogen-bond acceptors (Lipinski definition) is 4. The molecule has 0 N–H and O–H groups in total. The summed E-state index contributed by atoms with van der Waals surface area (Å²) in [5.74, 6) is 0. The highest BCUT2D eigenvalue weighted by atomic mass is 15.1. The van der Waals surface area contributed by atoms with Crippen LogP contribution in [0.5, 0.6) is 0 Å². The van der Waals surface area contributed by atoms with Crippen molar-refractivity contribution in [2.45, 2.75) is 20.0 Å². The summed E-state index contributed by atoms with van der Waals surface area (Å²) in [6.45, 7) is 3.60. The second kappa shape index (κ2) is 5.50. The largest absolute Gasteiger partial charge is 0.296 e.